The highest BCUT2D eigenvalue weighted by molar-refractivity contribution is 5.97. The number of phenols is 1. The Labute approximate surface area is 155 Å². The smallest absolute Gasteiger partial charge is 0.343 e. The fraction of sp³-hybridized carbons (Fsp3) is 0. The minimum absolute atomic E-state index is 0.125. The van der Waals surface area contributed by atoms with E-state index in [2.05, 4.69) is 10.5 Å². The van der Waals surface area contributed by atoms with E-state index in [0.717, 1.165) is 0 Å². The van der Waals surface area contributed by atoms with E-state index in [1.165, 1.54) is 18.3 Å². The van der Waals surface area contributed by atoms with Crippen LogP contribution in [-0.4, -0.2) is 23.2 Å². The van der Waals surface area contributed by atoms with Gasteiger partial charge in [-0.15, -0.1) is 0 Å². The second kappa shape index (κ2) is 8.44. The molecule has 0 atom stereocenters. The summed E-state index contributed by atoms with van der Waals surface area (Å²) in [5.41, 5.74) is 3.54. The van der Waals surface area contributed by atoms with Gasteiger partial charge in [0.05, 0.1) is 17.3 Å². The molecule has 6 nitrogen and oxygen atoms in total. The van der Waals surface area contributed by atoms with E-state index in [1.807, 2.05) is 6.07 Å². The number of phenolic OH excluding ortho intramolecular Hbond substituents is 1. The molecule has 0 saturated heterocycles. The molecule has 0 fully saturated rings. The molecular formula is C21H16N2O4. The van der Waals surface area contributed by atoms with Crippen LogP contribution in [0, 0.1) is 0 Å². The van der Waals surface area contributed by atoms with Gasteiger partial charge in [0.2, 0.25) is 0 Å². The number of benzene rings is 3. The van der Waals surface area contributed by atoms with E-state index < -0.39 is 11.9 Å². The molecule has 0 aromatic heterocycles. The van der Waals surface area contributed by atoms with Gasteiger partial charge in [-0.2, -0.15) is 5.10 Å². The highest BCUT2D eigenvalue weighted by Crippen LogP contribution is 2.16. The molecule has 27 heavy (non-hydrogen) atoms. The summed E-state index contributed by atoms with van der Waals surface area (Å²) in [6, 6.07) is 21.6. The highest BCUT2D eigenvalue weighted by Gasteiger charge is 2.09. The minimum atomic E-state index is -0.531. The summed E-state index contributed by atoms with van der Waals surface area (Å²) in [7, 11) is 0. The number of aromatic hydroxyl groups is 1. The van der Waals surface area contributed by atoms with Crippen molar-refractivity contribution in [2.24, 2.45) is 5.10 Å². The summed E-state index contributed by atoms with van der Waals surface area (Å²) < 4.78 is 5.33. The summed E-state index contributed by atoms with van der Waals surface area (Å²) in [6.07, 6.45) is 1.41. The van der Waals surface area contributed by atoms with Crippen LogP contribution in [0.3, 0.4) is 0 Å². The van der Waals surface area contributed by atoms with Crippen LogP contribution < -0.4 is 10.2 Å². The van der Waals surface area contributed by atoms with Crippen molar-refractivity contribution in [3.05, 3.63) is 95.6 Å². The third-order valence-electron chi connectivity index (χ3n) is 3.61. The largest absolute Gasteiger partial charge is 0.507 e. The van der Waals surface area contributed by atoms with Gasteiger partial charge in [-0.3, -0.25) is 4.79 Å². The number of amides is 1. The Hall–Kier alpha value is -3.93. The Morgan fingerprint density at radius 3 is 2.44 bits per heavy atom. The standard InChI is InChI=1S/C21H16N2O4/c24-19-12-5-4-11-18(19)20(25)23-22-14-15-7-6-10-17(13-15)27-21(26)16-8-2-1-3-9-16/h1-14,24H,(H,23,25)/b22-14+. The second-order valence-electron chi connectivity index (χ2n) is 5.54. The lowest BCUT2D eigenvalue weighted by Crippen LogP contribution is -2.17. The SMILES string of the molecule is O=C(Oc1cccc(/C=N/NC(=O)c2ccccc2O)c1)c1ccccc1. The quantitative estimate of drug-likeness (QED) is 0.316. The molecule has 0 radical (unpaired) electrons. The van der Waals surface area contributed by atoms with Gasteiger partial charge in [0.25, 0.3) is 5.91 Å². The number of hydrogen-bond donors (Lipinski definition) is 2. The summed E-state index contributed by atoms with van der Waals surface area (Å²) in [6.45, 7) is 0. The summed E-state index contributed by atoms with van der Waals surface area (Å²) in [5, 5.41) is 13.5. The highest BCUT2D eigenvalue weighted by atomic mass is 16.5. The number of ether oxygens (including phenoxy) is 1. The van der Waals surface area contributed by atoms with Gasteiger partial charge >= 0.3 is 5.97 Å². The van der Waals surface area contributed by atoms with Crippen LogP contribution in [0.5, 0.6) is 11.5 Å². The molecule has 0 aliphatic rings. The lowest BCUT2D eigenvalue weighted by atomic mass is 10.2. The number of hydrogen-bond acceptors (Lipinski definition) is 5. The van der Waals surface area contributed by atoms with Crippen molar-refractivity contribution in [2.45, 2.75) is 0 Å². The van der Waals surface area contributed by atoms with Gasteiger partial charge in [-0.25, -0.2) is 10.2 Å². The second-order valence-corrected chi connectivity index (χ2v) is 5.54. The first kappa shape index (κ1) is 17.9. The number of carbonyl (C=O) groups excluding carboxylic acids is 2. The average molecular weight is 360 g/mol. The van der Waals surface area contributed by atoms with E-state index in [1.54, 1.807) is 60.7 Å². The van der Waals surface area contributed by atoms with Crippen molar-refractivity contribution in [1.82, 2.24) is 5.43 Å². The summed E-state index contributed by atoms with van der Waals surface area (Å²) >= 11 is 0. The Morgan fingerprint density at radius 1 is 0.926 bits per heavy atom. The van der Waals surface area contributed by atoms with E-state index in [-0.39, 0.29) is 11.3 Å². The lowest BCUT2D eigenvalue weighted by molar-refractivity contribution is 0.0734. The fourth-order valence-electron chi connectivity index (χ4n) is 2.29. The Kier molecular flexibility index (Phi) is 5.59. The molecule has 3 rings (SSSR count). The predicted molar refractivity (Wildman–Crippen MR) is 101 cm³/mol. The normalized spacial score (nSPS) is 10.5. The lowest BCUT2D eigenvalue weighted by Gasteiger charge is -2.05. The fourth-order valence-corrected chi connectivity index (χ4v) is 2.29. The number of hydrazone groups is 1. The van der Waals surface area contributed by atoms with E-state index in [0.29, 0.717) is 16.9 Å². The molecule has 2 N–H and O–H groups in total. The van der Waals surface area contributed by atoms with Gasteiger partial charge in [-0.05, 0) is 42.0 Å². The number of nitrogens with zero attached hydrogens (tertiary/aromatic N) is 1. The van der Waals surface area contributed by atoms with Gasteiger partial charge < -0.3 is 9.84 Å². The molecule has 0 unspecified atom stereocenters. The zero-order valence-corrected chi connectivity index (χ0v) is 14.2. The maximum Gasteiger partial charge on any atom is 0.343 e. The molecule has 134 valence electrons. The van der Waals surface area contributed by atoms with Crippen LogP contribution in [0.15, 0.2) is 84.0 Å². The van der Waals surface area contributed by atoms with Crippen LogP contribution in [0.2, 0.25) is 0 Å². The van der Waals surface area contributed by atoms with Gasteiger partial charge in [0.1, 0.15) is 11.5 Å². The van der Waals surface area contributed by atoms with Gasteiger partial charge in [0.15, 0.2) is 0 Å². The molecule has 1 amide bonds. The van der Waals surface area contributed by atoms with Crippen molar-refractivity contribution >= 4 is 18.1 Å². The summed E-state index contributed by atoms with van der Waals surface area (Å²) in [5.74, 6) is -0.756. The van der Waals surface area contributed by atoms with Crippen LogP contribution in [0.4, 0.5) is 0 Å². The Morgan fingerprint density at radius 2 is 1.67 bits per heavy atom. The summed E-state index contributed by atoms with van der Waals surface area (Å²) in [4.78, 5) is 24.1. The Balaban J connectivity index is 1.64. The topological polar surface area (TPSA) is 88.0 Å². The molecule has 0 spiro atoms. The van der Waals surface area contributed by atoms with Crippen LogP contribution in [0.1, 0.15) is 26.3 Å². The number of nitrogens with one attached hydrogen (secondary N) is 1. The van der Waals surface area contributed by atoms with Crippen LogP contribution >= 0.6 is 0 Å². The van der Waals surface area contributed by atoms with E-state index in [4.69, 9.17) is 4.74 Å². The number of carbonyl (C=O) groups is 2. The Bertz CT molecular complexity index is 984. The third kappa shape index (κ3) is 4.79. The maximum absolute atomic E-state index is 12.1. The van der Waals surface area contributed by atoms with E-state index >= 15 is 0 Å². The zero-order chi connectivity index (χ0) is 19.1. The van der Waals surface area contributed by atoms with Crippen LogP contribution in [-0.2, 0) is 0 Å². The van der Waals surface area contributed by atoms with Crippen molar-refractivity contribution in [2.75, 3.05) is 0 Å². The molecule has 0 aliphatic carbocycles. The van der Waals surface area contributed by atoms with Crippen molar-refractivity contribution < 1.29 is 19.4 Å². The van der Waals surface area contributed by atoms with Crippen molar-refractivity contribution in [3.63, 3.8) is 0 Å². The maximum atomic E-state index is 12.1. The zero-order valence-electron chi connectivity index (χ0n) is 14.2. The van der Waals surface area contributed by atoms with Gasteiger partial charge in [0, 0.05) is 0 Å². The third-order valence-corrected chi connectivity index (χ3v) is 3.61. The van der Waals surface area contributed by atoms with E-state index in [9.17, 15) is 14.7 Å². The van der Waals surface area contributed by atoms with Gasteiger partial charge in [-0.1, -0.05) is 42.5 Å². The average Bonchev–Trinajstić information content (AvgIpc) is 2.69. The first-order valence-corrected chi connectivity index (χ1v) is 8.12. The van der Waals surface area contributed by atoms with Crippen LogP contribution in [0.25, 0.3) is 0 Å². The molecule has 0 bridgehead atoms. The predicted octanol–water partition coefficient (Wildman–Crippen LogP) is 3.38. The monoisotopic (exact) mass is 360 g/mol. The molecule has 3 aromatic rings. The molecule has 0 saturated carbocycles. The minimum Gasteiger partial charge on any atom is -0.507 e. The van der Waals surface area contributed by atoms with Crippen molar-refractivity contribution in [1.29, 1.82) is 0 Å². The molecular weight excluding hydrogens is 344 g/mol. The molecule has 3 aromatic carbocycles. The molecule has 0 aliphatic heterocycles. The first-order chi connectivity index (χ1) is 13.1. The number of para-hydroxylation sites is 1. The molecule has 6 heteroatoms. The number of esters is 1. The number of rotatable bonds is 5. The molecule has 0 heterocycles. The van der Waals surface area contributed by atoms with Crippen molar-refractivity contribution in [3.8, 4) is 11.5 Å². The first-order valence-electron chi connectivity index (χ1n) is 8.12.